The topological polar surface area (TPSA) is 26.3 Å². The lowest BCUT2D eigenvalue weighted by Crippen LogP contribution is -1.95. The number of halogens is 2. The molecule has 0 spiro atoms. The van der Waals surface area contributed by atoms with Crippen molar-refractivity contribution in [2.45, 2.75) is 0 Å². The van der Waals surface area contributed by atoms with Gasteiger partial charge >= 0.3 is 0 Å². The Bertz CT molecular complexity index is 294. The lowest BCUT2D eigenvalue weighted by molar-refractivity contribution is 0.491. The molecule has 0 aromatic heterocycles. The molecular formula is C8H9Cl2O2P. The van der Waals surface area contributed by atoms with Gasteiger partial charge in [0.15, 0.2) is 0 Å². The molecule has 0 radical (unpaired) electrons. The highest BCUT2D eigenvalue weighted by Gasteiger charge is 2.21. The molecule has 0 N–H and O–H groups in total. The van der Waals surface area contributed by atoms with Crippen LogP contribution in [0.2, 0.25) is 0 Å². The van der Waals surface area contributed by atoms with Crippen LogP contribution >= 0.6 is 30.6 Å². The maximum atomic E-state index is 11.6. The molecule has 0 amide bonds. The fourth-order valence-electron chi connectivity index (χ4n) is 0.754. The van der Waals surface area contributed by atoms with Crippen LogP contribution in [0.5, 0.6) is 5.75 Å². The predicted molar refractivity (Wildman–Crippen MR) is 56.1 cm³/mol. The van der Waals surface area contributed by atoms with E-state index in [-0.39, 0.29) is 11.2 Å². The average molecular weight is 239 g/mol. The molecule has 0 aliphatic heterocycles. The summed E-state index contributed by atoms with van der Waals surface area (Å²) in [5.74, 6) is 0.534. The minimum atomic E-state index is -2.87. The number of rotatable bonds is 4. The molecular weight excluding hydrogens is 230 g/mol. The highest BCUT2D eigenvalue weighted by Crippen LogP contribution is 2.48. The van der Waals surface area contributed by atoms with E-state index < -0.39 is 7.37 Å². The van der Waals surface area contributed by atoms with Crippen molar-refractivity contribution in [2.75, 3.05) is 11.2 Å². The van der Waals surface area contributed by atoms with Crippen molar-refractivity contribution >= 4 is 30.6 Å². The van der Waals surface area contributed by atoms with Crippen molar-refractivity contribution in [1.82, 2.24) is 0 Å². The SMILES string of the molecule is O=P(CCl)(CCl)Oc1ccccc1. The first-order valence-electron chi connectivity index (χ1n) is 3.65. The number of hydrogen-bond donors (Lipinski definition) is 0. The summed E-state index contributed by atoms with van der Waals surface area (Å²) in [5, 5.41) is 0. The molecule has 5 heteroatoms. The molecule has 0 aliphatic rings. The molecule has 0 saturated carbocycles. The van der Waals surface area contributed by atoms with Crippen LogP contribution < -0.4 is 4.52 Å². The second-order valence-corrected chi connectivity index (χ2v) is 6.18. The zero-order chi connectivity index (χ0) is 9.73. The fourth-order valence-corrected chi connectivity index (χ4v) is 2.48. The van der Waals surface area contributed by atoms with Crippen LogP contribution in [0.3, 0.4) is 0 Å². The quantitative estimate of drug-likeness (QED) is 0.590. The van der Waals surface area contributed by atoms with Gasteiger partial charge in [0.1, 0.15) is 17.0 Å². The van der Waals surface area contributed by atoms with Gasteiger partial charge in [0.2, 0.25) is 0 Å². The minimum absolute atomic E-state index is 0.0641. The zero-order valence-corrected chi connectivity index (χ0v) is 9.23. The monoisotopic (exact) mass is 238 g/mol. The van der Waals surface area contributed by atoms with Crippen molar-refractivity contribution in [3.63, 3.8) is 0 Å². The van der Waals surface area contributed by atoms with Gasteiger partial charge in [0, 0.05) is 0 Å². The fraction of sp³-hybridized carbons (Fsp3) is 0.250. The lowest BCUT2D eigenvalue weighted by atomic mass is 10.3. The Morgan fingerprint density at radius 2 is 1.69 bits per heavy atom. The molecule has 0 atom stereocenters. The summed E-state index contributed by atoms with van der Waals surface area (Å²) in [6.07, 6.45) is 0. The molecule has 1 aromatic rings. The summed E-state index contributed by atoms with van der Waals surface area (Å²) in [6, 6.07) is 8.86. The highest BCUT2D eigenvalue weighted by molar-refractivity contribution is 7.62. The van der Waals surface area contributed by atoms with Gasteiger partial charge in [-0.3, -0.25) is 4.57 Å². The molecule has 1 rings (SSSR count). The summed E-state index contributed by atoms with van der Waals surface area (Å²) >= 11 is 11.0. The van der Waals surface area contributed by atoms with Crippen molar-refractivity contribution in [1.29, 1.82) is 0 Å². The summed E-state index contributed by atoms with van der Waals surface area (Å²) in [7, 11) is -2.87. The number of alkyl halides is 2. The first kappa shape index (κ1) is 10.9. The van der Waals surface area contributed by atoms with Crippen LogP contribution in [0.25, 0.3) is 0 Å². The van der Waals surface area contributed by atoms with Gasteiger partial charge in [-0.25, -0.2) is 0 Å². The van der Waals surface area contributed by atoms with Crippen LogP contribution in [0.1, 0.15) is 0 Å². The van der Waals surface area contributed by atoms with E-state index in [1.165, 1.54) is 0 Å². The van der Waals surface area contributed by atoms with E-state index in [1.807, 2.05) is 6.07 Å². The molecule has 0 unspecified atom stereocenters. The van der Waals surface area contributed by atoms with Crippen LogP contribution in [0, 0.1) is 0 Å². The molecule has 72 valence electrons. The number of benzene rings is 1. The maximum absolute atomic E-state index is 11.6. The van der Waals surface area contributed by atoms with Crippen molar-refractivity contribution in [3.05, 3.63) is 30.3 Å². The van der Waals surface area contributed by atoms with Crippen LogP contribution in [-0.4, -0.2) is 11.2 Å². The Morgan fingerprint density at radius 3 is 2.15 bits per heavy atom. The average Bonchev–Trinajstić information content (AvgIpc) is 2.19. The van der Waals surface area contributed by atoms with Gasteiger partial charge in [-0.1, -0.05) is 18.2 Å². The Hall–Kier alpha value is -0.170. The Kier molecular flexibility index (Phi) is 4.11. The summed E-state index contributed by atoms with van der Waals surface area (Å²) in [6.45, 7) is 0. The van der Waals surface area contributed by atoms with Gasteiger partial charge in [0.25, 0.3) is 7.37 Å². The van der Waals surface area contributed by atoms with E-state index in [0.717, 1.165) is 0 Å². The molecule has 2 nitrogen and oxygen atoms in total. The second kappa shape index (κ2) is 4.90. The molecule has 0 fully saturated rings. The van der Waals surface area contributed by atoms with Gasteiger partial charge in [-0.2, -0.15) is 0 Å². The summed E-state index contributed by atoms with van der Waals surface area (Å²) in [4.78, 5) is 0. The third kappa shape index (κ3) is 3.22. The zero-order valence-electron chi connectivity index (χ0n) is 6.82. The Labute approximate surface area is 87.3 Å². The van der Waals surface area contributed by atoms with E-state index in [0.29, 0.717) is 5.75 Å². The lowest BCUT2D eigenvalue weighted by Gasteiger charge is -2.13. The first-order chi connectivity index (χ1) is 6.20. The van der Waals surface area contributed by atoms with Crippen molar-refractivity contribution in [2.24, 2.45) is 0 Å². The van der Waals surface area contributed by atoms with Crippen LogP contribution in [0.15, 0.2) is 30.3 Å². The third-order valence-corrected chi connectivity index (χ3v) is 4.84. The normalized spacial score (nSPS) is 11.2. The molecule has 0 aliphatic carbocycles. The van der Waals surface area contributed by atoms with Gasteiger partial charge in [0.05, 0.1) is 0 Å². The van der Waals surface area contributed by atoms with E-state index in [2.05, 4.69) is 0 Å². The van der Waals surface area contributed by atoms with E-state index in [9.17, 15) is 4.57 Å². The van der Waals surface area contributed by atoms with Crippen LogP contribution in [0.4, 0.5) is 0 Å². The minimum Gasteiger partial charge on any atom is -0.441 e. The van der Waals surface area contributed by atoms with Gasteiger partial charge in [-0.05, 0) is 12.1 Å². The van der Waals surface area contributed by atoms with Crippen LogP contribution in [-0.2, 0) is 4.57 Å². The molecule has 0 bridgehead atoms. The maximum Gasteiger partial charge on any atom is 0.276 e. The van der Waals surface area contributed by atoms with Gasteiger partial charge < -0.3 is 4.52 Å². The standard InChI is InChI=1S/C8H9Cl2O2P/c9-6-13(11,7-10)12-8-4-2-1-3-5-8/h1-5H,6-7H2. The summed E-state index contributed by atoms with van der Waals surface area (Å²) < 4.78 is 16.8. The second-order valence-electron chi connectivity index (χ2n) is 2.46. The Morgan fingerprint density at radius 1 is 1.15 bits per heavy atom. The van der Waals surface area contributed by atoms with E-state index in [4.69, 9.17) is 27.7 Å². The van der Waals surface area contributed by atoms with Crippen molar-refractivity contribution < 1.29 is 9.09 Å². The summed E-state index contributed by atoms with van der Waals surface area (Å²) in [5.41, 5.74) is -0.128. The smallest absolute Gasteiger partial charge is 0.276 e. The van der Waals surface area contributed by atoms with Crippen molar-refractivity contribution in [3.8, 4) is 5.75 Å². The predicted octanol–water partition coefficient (Wildman–Crippen LogP) is 3.74. The Balaban J connectivity index is 2.74. The molecule has 0 heterocycles. The largest absolute Gasteiger partial charge is 0.441 e. The number of para-hydroxylation sites is 1. The van der Waals surface area contributed by atoms with E-state index in [1.54, 1.807) is 24.3 Å². The number of hydrogen-bond acceptors (Lipinski definition) is 2. The molecule has 13 heavy (non-hydrogen) atoms. The first-order valence-corrected chi connectivity index (χ1v) is 6.71. The third-order valence-electron chi connectivity index (χ3n) is 1.38. The highest BCUT2D eigenvalue weighted by atomic mass is 35.5. The van der Waals surface area contributed by atoms with E-state index >= 15 is 0 Å². The molecule has 0 saturated heterocycles. The molecule has 1 aromatic carbocycles. The van der Waals surface area contributed by atoms with Gasteiger partial charge in [-0.15, -0.1) is 23.2 Å².